The van der Waals surface area contributed by atoms with Crippen LogP contribution in [0.4, 0.5) is 0 Å². The SMILES string of the molecule is CCCC/C=C/CCCOC(=O)CCC(=O)OCC(C)C. The number of hydrogen-bond donors (Lipinski definition) is 0. The molecule has 4 heteroatoms. The molecule has 0 aromatic heterocycles. The highest BCUT2D eigenvalue weighted by Gasteiger charge is 2.09. The van der Waals surface area contributed by atoms with E-state index in [0.29, 0.717) is 19.1 Å². The highest BCUT2D eigenvalue weighted by atomic mass is 16.5. The Hall–Kier alpha value is -1.32. The van der Waals surface area contributed by atoms with Gasteiger partial charge in [-0.3, -0.25) is 9.59 Å². The molecule has 0 aliphatic rings. The summed E-state index contributed by atoms with van der Waals surface area (Å²) in [5, 5.41) is 0. The van der Waals surface area contributed by atoms with Crippen LogP contribution >= 0.6 is 0 Å². The summed E-state index contributed by atoms with van der Waals surface area (Å²) in [4.78, 5) is 22.7. The van der Waals surface area contributed by atoms with Crippen LogP contribution in [0.1, 0.15) is 65.7 Å². The Morgan fingerprint density at radius 2 is 1.52 bits per heavy atom. The van der Waals surface area contributed by atoms with Crippen LogP contribution in [-0.4, -0.2) is 25.2 Å². The smallest absolute Gasteiger partial charge is 0.306 e. The van der Waals surface area contributed by atoms with Gasteiger partial charge in [0.2, 0.25) is 0 Å². The molecule has 0 bridgehead atoms. The second kappa shape index (κ2) is 13.7. The summed E-state index contributed by atoms with van der Waals surface area (Å²) in [6.45, 7) is 6.93. The summed E-state index contributed by atoms with van der Waals surface area (Å²) in [5.74, 6) is -0.350. The number of rotatable bonds is 12. The predicted octanol–water partition coefficient (Wildman–Crippen LogP) is 4.04. The number of hydrogen-bond acceptors (Lipinski definition) is 4. The maximum Gasteiger partial charge on any atom is 0.306 e. The van der Waals surface area contributed by atoms with E-state index < -0.39 is 0 Å². The molecule has 0 N–H and O–H groups in total. The molecule has 0 heterocycles. The molecule has 0 aromatic carbocycles. The summed E-state index contributed by atoms with van der Waals surface area (Å²) in [6.07, 6.45) is 9.81. The minimum absolute atomic E-state index is 0.0997. The Morgan fingerprint density at radius 3 is 2.10 bits per heavy atom. The third-order valence-corrected chi connectivity index (χ3v) is 2.78. The van der Waals surface area contributed by atoms with Gasteiger partial charge in [-0.1, -0.05) is 45.8 Å². The van der Waals surface area contributed by atoms with Crippen LogP contribution in [-0.2, 0) is 19.1 Å². The third kappa shape index (κ3) is 14.9. The molecular weight excluding hydrogens is 268 g/mol. The second-order valence-corrected chi connectivity index (χ2v) is 5.55. The Balaban J connectivity index is 3.46. The van der Waals surface area contributed by atoms with Crippen molar-refractivity contribution in [3.05, 3.63) is 12.2 Å². The lowest BCUT2D eigenvalue weighted by atomic mass is 10.2. The van der Waals surface area contributed by atoms with E-state index in [1.54, 1.807) is 0 Å². The average molecular weight is 298 g/mol. The van der Waals surface area contributed by atoms with E-state index >= 15 is 0 Å². The first-order chi connectivity index (χ1) is 10.1. The average Bonchev–Trinajstić information content (AvgIpc) is 2.45. The standard InChI is InChI=1S/C17H30O4/c1-4-5-6-7-8-9-10-13-20-16(18)11-12-17(19)21-14-15(2)3/h7-8,15H,4-6,9-14H2,1-3H3/b8-7+. The molecule has 122 valence electrons. The predicted molar refractivity (Wildman–Crippen MR) is 83.9 cm³/mol. The van der Waals surface area contributed by atoms with E-state index in [9.17, 15) is 9.59 Å². The molecule has 0 fully saturated rings. The van der Waals surface area contributed by atoms with Crippen molar-refractivity contribution in [2.75, 3.05) is 13.2 Å². The molecule has 0 amide bonds. The normalized spacial score (nSPS) is 11.0. The number of unbranched alkanes of at least 4 members (excludes halogenated alkanes) is 3. The Morgan fingerprint density at radius 1 is 0.952 bits per heavy atom. The van der Waals surface area contributed by atoms with Gasteiger partial charge in [0.15, 0.2) is 0 Å². The maximum atomic E-state index is 11.4. The van der Waals surface area contributed by atoms with E-state index in [4.69, 9.17) is 9.47 Å². The minimum Gasteiger partial charge on any atom is -0.466 e. The summed E-state index contributed by atoms with van der Waals surface area (Å²) in [5.41, 5.74) is 0. The Labute approximate surface area is 128 Å². The topological polar surface area (TPSA) is 52.6 Å². The molecule has 0 spiro atoms. The zero-order valence-electron chi connectivity index (χ0n) is 13.7. The zero-order valence-corrected chi connectivity index (χ0v) is 13.7. The monoisotopic (exact) mass is 298 g/mol. The highest BCUT2D eigenvalue weighted by molar-refractivity contribution is 5.77. The molecule has 0 aromatic rings. The van der Waals surface area contributed by atoms with Crippen molar-refractivity contribution < 1.29 is 19.1 Å². The van der Waals surface area contributed by atoms with Crippen LogP contribution in [0.5, 0.6) is 0 Å². The summed E-state index contributed by atoms with van der Waals surface area (Å²) < 4.78 is 10.1. The van der Waals surface area contributed by atoms with Gasteiger partial charge in [-0.05, 0) is 25.2 Å². The summed E-state index contributed by atoms with van der Waals surface area (Å²) in [6, 6.07) is 0. The number of carbonyl (C=O) groups excluding carboxylic acids is 2. The summed E-state index contributed by atoms with van der Waals surface area (Å²) >= 11 is 0. The van der Waals surface area contributed by atoms with E-state index in [1.807, 2.05) is 13.8 Å². The Kier molecular flexibility index (Phi) is 12.8. The van der Waals surface area contributed by atoms with Crippen molar-refractivity contribution in [1.29, 1.82) is 0 Å². The van der Waals surface area contributed by atoms with E-state index in [1.165, 1.54) is 12.8 Å². The molecule has 0 rings (SSSR count). The summed E-state index contributed by atoms with van der Waals surface area (Å²) in [7, 11) is 0. The van der Waals surface area contributed by atoms with Gasteiger partial charge in [-0.25, -0.2) is 0 Å². The number of esters is 2. The largest absolute Gasteiger partial charge is 0.466 e. The lowest BCUT2D eigenvalue weighted by Gasteiger charge is -2.07. The minimum atomic E-state index is -0.334. The molecule has 21 heavy (non-hydrogen) atoms. The van der Waals surface area contributed by atoms with Crippen molar-refractivity contribution in [2.24, 2.45) is 5.92 Å². The molecule has 0 saturated carbocycles. The van der Waals surface area contributed by atoms with Gasteiger partial charge >= 0.3 is 11.9 Å². The van der Waals surface area contributed by atoms with Crippen LogP contribution in [0.15, 0.2) is 12.2 Å². The number of carbonyl (C=O) groups is 2. The van der Waals surface area contributed by atoms with Crippen LogP contribution < -0.4 is 0 Å². The van der Waals surface area contributed by atoms with Gasteiger partial charge < -0.3 is 9.47 Å². The van der Waals surface area contributed by atoms with Crippen LogP contribution in [0, 0.1) is 5.92 Å². The lowest BCUT2D eigenvalue weighted by molar-refractivity contribution is -0.151. The van der Waals surface area contributed by atoms with Gasteiger partial charge in [0.05, 0.1) is 26.1 Å². The van der Waals surface area contributed by atoms with Gasteiger partial charge in [-0.15, -0.1) is 0 Å². The van der Waals surface area contributed by atoms with Crippen molar-refractivity contribution in [2.45, 2.75) is 65.7 Å². The van der Waals surface area contributed by atoms with Crippen molar-refractivity contribution in [1.82, 2.24) is 0 Å². The molecule has 0 saturated heterocycles. The van der Waals surface area contributed by atoms with Gasteiger partial charge in [0.1, 0.15) is 0 Å². The van der Waals surface area contributed by atoms with Crippen molar-refractivity contribution in [3.63, 3.8) is 0 Å². The van der Waals surface area contributed by atoms with E-state index in [-0.39, 0.29) is 24.8 Å². The first-order valence-electron chi connectivity index (χ1n) is 8.02. The first kappa shape index (κ1) is 19.7. The highest BCUT2D eigenvalue weighted by Crippen LogP contribution is 2.01. The Bertz CT molecular complexity index is 308. The molecule has 0 aliphatic heterocycles. The molecule has 0 aliphatic carbocycles. The lowest BCUT2D eigenvalue weighted by Crippen LogP contribution is -2.13. The van der Waals surface area contributed by atoms with E-state index in [0.717, 1.165) is 19.3 Å². The van der Waals surface area contributed by atoms with Crippen molar-refractivity contribution in [3.8, 4) is 0 Å². The maximum absolute atomic E-state index is 11.4. The molecule has 0 radical (unpaired) electrons. The van der Waals surface area contributed by atoms with Crippen molar-refractivity contribution >= 4 is 11.9 Å². The quantitative estimate of drug-likeness (QED) is 0.310. The first-order valence-corrected chi connectivity index (χ1v) is 8.02. The van der Waals surface area contributed by atoms with Crippen LogP contribution in [0.3, 0.4) is 0 Å². The number of ether oxygens (including phenoxy) is 2. The third-order valence-electron chi connectivity index (χ3n) is 2.78. The zero-order chi connectivity index (χ0) is 15.9. The molecule has 0 atom stereocenters. The van der Waals surface area contributed by atoms with Crippen LogP contribution in [0.2, 0.25) is 0 Å². The van der Waals surface area contributed by atoms with Gasteiger partial charge in [0, 0.05) is 0 Å². The molecule has 0 unspecified atom stereocenters. The fourth-order valence-electron chi connectivity index (χ4n) is 1.55. The van der Waals surface area contributed by atoms with Gasteiger partial charge in [0.25, 0.3) is 0 Å². The molecule has 4 nitrogen and oxygen atoms in total. The fraction of sp³-hybridized carbons (Fsp3) is 0.765. The fourth-order valence-corrected chi connectivity index (χ4v) is 1.55. The molecular formula is C17H30O4. The van der Waals surface area contributed by atoms with Crippen LogP contribution in [0.25, 0.3) is 0 Å². The second-order valence-electron chi connectivity index (χ2n) is 5.55. The van der Waals surface area contributed by atoms with E-state index in [2.05, 4.69) is 19.1 Å². The number of allylic oxidation sites excluding steroid dienone is 2. The van der Waals surface area contributed by atoms with Gasteiger partial charge in [-0.2, -0.15) is 0 Å².